The van der Waals surface area contributed by atoms with Gasteiger partial charge in [-0.15, -0.1) is 0 Å². The number of hydrogen-bond acceptors (Lipinski definition) is 4. The molecule has 0 radical (unpaired) electrons. The van der Waals surface area contributed by atoms with Gasteiger partial charge in [0.2, 0.25) is 5.89 Å². The number of aromatic nitrogens is 1. The van der Waals surface area contributed by atoms with Gasteiger partial charge in [0, 0.05) is 5.54 Å². The van der Waals surface area contributed by atoms with E-state index >= 15 is 0 Å². The van der Waals surface area contributed by atoms with Gasteiger partial charge >= 0.3 is 0 Å². The van der Waals surface area contributed by atoms with E-state index in [-0.39, 0.29) is 5.54 Å². The van der Waals surface area contributed by atoms with E-state index in [9.17, 15) is 0 Å². The van der Waals surface area contributed by atoms with Crippen molar-refractivity contribution < 1.29 is 9.15 Å². The molecule has 4 nitrogen and oxygen atoms in total. The van der Waals surface area contributed by atoms with Crippen molar-refractivity contribution in [1.82, 2.24) is 4.98 Å². The van der Waals surface area contributed by atoms with Crippen molar-refractivity contribution in [1.29, 1.82) is 0 Å². The van der Waals surface area contributed by atoms with Gasteiger partial charge in [0.1, 0.15) is 12.4 Å². The molecule has 0 bridgehead atoms. The molecule has 0 atom stereocenters. The van der Waals surface area contributed by atoms with Gasteiger partial charge in [-0.3, -0.25) is 0 Å². The molecule has 4 heteroatoms. The second-order valence-electron chi connectivity index (χ2n) is 5.17. The lowest BCUT2D eigenvalue weighted by molar-refractivity contribution is 0.0461. The first-order valence-corrected chi connectivity index (χ1v) is 6.39. The first kappa shape index (κ1) is 12.6. The smallest absolute Gasteiger partial charge is 0.220 e. The highest BCUT2D eigenvalue weighted by atomic mass is 16.5. The molecule has 1 aliphatic rings. The molecule has 17 heavy (non-hydrogen) atoms. The Bertz CT molecular complexity index is 348. The molecule has 0 unspecified atom stereocenters. The summed E-state index contributed by atoms with van der Waals surface area (Å²) in [5.41, 5.74) is 7.09. The summed E-state index contributed by atoms with van der Waals surface area (Å²) in [4.78, 5) is 4.28. The first-order chi connectivity index (χ1) is 8.09. The van der Waals surface area contributed by atoms with Crippen molar-refractivity contribution in [2.75, 3.05) is 6.61 Å². The van der Waals surface area contributed by atoms with Crippen LogP contribution < -0.4 is 5.73 Å². The van der Waals surface area contributed by atoms with Crippen LogP contribution in [0.5, 0.6) is 0 Å². The zero-order chi connectivity index (χ0) is 12.3. The summed E-state index contributed by atoms with van der Waals surface area (Å²) >= 11 is 0. The molecule has 0 aliphatic heterocycles. The average Bonchev–Trinajstić information content (AvgIpc) is 2.59. The van der Waals surface area contributed by atoms with Crippen LogP contribution in [-0.4, -0.2) is 17.1 Å². The molecule has 2 N–H and O–H groups in total. The summed E-state index contributed by atoms with van der Waals surface area (Å²) < 4.78 is 11.1. The molecule has 1 heterocycles. The third kappa shape index (κ3) is 3.30. The summed E-state index contributed by atoms with van der Waals surface area (Å²) in [7, 11) is 0. The van der Waals surface area contributed by atoms with Crippen LogP contribution in [0.25, 0.3) is 0 Å². The van der Waals surface area contributed by atoms with Gasteiger partial charge in [0.25, 0.3) is 0 Å². The maximum Gasteiger partial charge on any atom is 0.220 e. The number of nitrogens with two attached hydrogens (primary N) is 1. The van der Waals surface area contributed by atoms with Crippen LogP contribution in [0.2, 0.25) is 0 Å². The van der Waals surface area contributed by atoms with Gasteiger partial charge in [0.15, 0.2) is 0 Å². The van der Waals surface area contributed by atoms with Crippen molar-refractivity contribution >= 4 is 0 Å². The first-order valence-electron chi connectivity index (χ1n) is 6.39. The summed E-state index contributed by atoms with van der Waals surface area (Å²) in [5.74, 6) is 1.52. The molecule has 1 aromatic heterocycles. The maximum atomic E-state index is 6.28. The van der Waals surface area contributed by atoms with Crippen LogP contribution in [0.4, 0.5) is 0 Å². The molecule has 2 rings (SSSR count). The molecular weight excluding hydrogens is 216 g/mol. The highest BCUT2D eigenvalue weighted by molar-refractivity contribution is 5.04. The molecule has 96 valence electrons. The van der Waals surface area contributed by atoms with Crippen LogP contribution >= 0.6 is 0 Å². The average molecular weight is 238 g/mol. The molecule has 0 amide bonds. The van der Waals surface area contributed by atoms with E-state index in [2.05, 4.69) is 4.98 Å². The fraction of sp³-hybridized carbons (Fsp3) is 0.769. The van der Waals surface area contributed by atoms with Gasteiger partial charge in [-0.25, -0.2) is 4.98 Å². The summed E-state index contributed by atoms with van der Waals surface area (Å²) in [6.45, 7) is 4.88. The molecular formula is C13H22N2O2. The van der Waals surface area contributed by atoms with E-state index in [1.165, 1.54) is 19.3 Å². The molecule has 1 saturated carbocycles. The lowest BCUT2D eigenvalue weighted by atomic mass is 9.83. The minimum Gasteiger partial charge on any atom is -0.443 e. The molecule has 1 aliphatic carbocycles. The van der Waals surface area contributed by atoms with Crippen molar-refractivity contribution in [2.24, 2.45) is 5.73 Å². The predicted molar refractivity (Wildman–Crippen MR) is 65.6 cm³/mol. The van der Waals surface area contributed by atoms with Crippen LogP contribution in [0.3, 0.4) is 0 Å². The minimum atomic E-state index is -0.130. The molecule has 0 aromatic carbocycles. The van der Waals surface area contributed by atoms with Gasteiger partial charge in [-0.2, -0.15) is 0 Å². The van der Waals surface area contributed by atoms with Crippen LogP contribution in [0.1, 0.15) is 49.4 Å². The van der Waals surface area contributed by atoms with Gasteiger partial charge < -0.3 is 14.9 Å². The molecule has 1 aromatic rings. The van der Waals surface area contributed by atoms with Gasteiger partial charge in [0.05, 0.1) is 12.3 Å². The van der Waals surface area contributed by atoms with Crippen LogP contribution in [-0.2, 0) is 11.3 Å². The van der Waals surface area contributed by atoms with E-state index in [4.69, 9.17) is 14.9 Å². The van der Waals surface area contributed by atoms with Crippen molar-refractivity contribution in [2.45, 2.75) is 58.1 Å². The number of nitrogens with zero attached hydrogens (tertiary/aromatic N) is 1. The number of ether oxygens (including phenoxy) is 1. The lowest BCUT2D eigenvalue weighted by Crippen LogP contribution is -2.46. The Balaban J connectivity index is 1.78. The summed E-state index contributed by atoms with van der Waals surface area (Å²) in [6, 6.07) is 0. The fourth-order valence-corrected chi connectivity index (χ4v) is 2.34. The Morgan fingerprint density at radius 3 is 2.59 bits per heavy atom. The molecule has 1 fully saturated rings. The molecule has 0 spiro atoms. The van der Waals surface area contributed by atoms with Crippen LogP contribution in [0.15, 0.2) is 4.42 Å². The van der Waals surface area contributed by atoms with E-state index in [1.807, 2.05) is 13.8 Å². The third-order valence-electron chi connectivity index (χ3n) is 3.54. The summed E-state index contributed by atoms with van der Waals surface area (Å²) in [5, 5.41) is 0. The Morgan fingerprint density at radius 1 is 1.29 bits per heavy atom. The van der Waals surface area contributed by atoms with Crippen molar-refractivity contribution in [3.8, 4) is 0 Å². The number of hydrogen-bond donors (Lipinski definition) is 1. The maximum absolute atomic E-state index is 6.28. The Kier molecular flexibility index (Phi) is 3.84. The van der Waals surface area contributed by atoms with E-state index in [0.717, 1.165) is 24.3 Å². The Labute approximate surface area is 103 Å². The van der Waals surface area contributed by atoms with E-state index in [0.29, 0.717) is 19.1 Å². The quantitative estimate of drug-likeness (QED) is 0.875. The normalized spacial score (nSPS) is 19.5. The van der Waals surface area contributed by atoms with Crippen molar-refractivity contribution in [3.63, 3.8) is 0 Å². The second-order valence-corrected chi connectivity index (χ2v) is 5.17. The number of rotatable bonds is 4. The highest BCUT2D eigenvalue weighted by Gasteiger charge is 2.27. The zero-order valence-electron chi connectivity index (χ0n) is 10.8. The lowest BCUT2D eigenvalue weighted by Gasteiger charge is -2.32. The van der Waals surface area contributed by atoms with Crippen LogP contribution in [0, 0.1) is 13.8 Å². The Hall–Kier alpha value is -0.870. The van der Waals surface area contributed by atoms with E-state index in [1.54, 1.807) is 0 Å². The second kappa shape index (κ2) is 5.19. The standard InChI is InChI=1S/C13H22N2O2/c1-10-11(2)17-12(15-10)8-16-9-13(14)6-4-3-5-7-13/h3-9,14H2,1-2H3. The minimum absolute atomic E-state index is 0.130. The zero-order valence-corrected chi connectivity index (χ0v) is 10.8. The monoisotopic (exact) mass is 238 g/mol. The predicted octanol–water partition coefficient (Wildman–Crippen LogP) is 2.47. The summed E-state index contributed by atoms with van der Waals surface area (Å²) in [6.07, 6.45) is 5.87. The fourth-order valence-electron chi connectivity index (χ4n) is 2.34. The van der Waals surface area contributed by atoms with Gasteiger partial charge in [-0.1, -0.05) is 19.3 Å². The number of aryl methyl sites for hydroxylation is 2. The van der Waals surface area contributed by atoms with Gasteiger partial charge in [-0.05, 0) is 26.7 Å². The SMILES string of the molecule is Cc1nc(COCC2(N)CCCCC2)oc1C. The van der Waals surface area contributed by atoms with E-state index < -0.39 is 0 Å². The topological polar surface area (TPSA) is 61.3 Å². The van der Waals surface area contributed by atoms with Crippen molar-refractivity contribution in [3.05, 3.63) is 17.3 Å². The number of oxazole rings is 1. The molecule has 0 saturated heterocycles. The third-order valence-corrected chi connectivity index (χ3v) is 3.54. The Morgan fingerprint density at radius 2 is 2.00 bits per heavy atom. The highest BCUT2D eigenvalue weighted by Crippen LogP contribution is 2.26. The largest absolute Gasteiger partial charge is 0.443 e.